The highest BCUT2D eigenvalue weighted by molar-refractivity contribution is 14.1. The fourth-order valence-electron chi connectivity index (χ4n) is 2.29. The van der Waals surface area contributed by atoms with E-state index in [9.17, 15) is 14.7 Å². The Morgan fingerprint density at radius 2 is 2.09 bits per heavy atom. The van der Waals surface area contributed by atoms with Crippen LogP contribution in [0.15, 0.2) is 17.3 Å². The smallest absolute Gasteiger partial charge is 0.337 e. The van der Waals surface area contributed by atoms with Crippen LogP contribution in [0.2, 0.25) is 5.02 Å². The predicted octanol–water partition coefficient (Wildman–Crippen LogP) is 2.46. The number of phenols is 1. The normalized spacial score (nSPS) is 17.4. The topological polar surface area (TPSA) is 96.9 Å². The summed E-state index contributed by atoms with van der Waals surface area (Å²) in [7, 11) is 2.64. The number of rotatable bonds is 3. The minimum Gasteiger partial charge on any atom is -0.503 e. The molecule has 0 aromatic heterocycles. The van der Waals surface area contributed by atoms with Crippen molar-refractivity contribution >= 4 is 46.2 Å². The largest absolute Gasteiger partial charge is 0.503 e. The predicted molar refractivity (Wildman–Crippen MR) is 91.5 cm³/mol. The van der Waals surface area contributed by atoms with Crippen molar-refractivity contribution in [3.05, 3.63) is 31.5 Å². The molecule has 23 heavy (non-hydrogen) atoms. The van der Waals surface area contributed by atoms with E-state index in [1.807, 2.05) is 22.6 Å². The number of hydrogen-bond donors (Lipinski definition) is 3. The van der Waals surface area contributed by atoms with Crippen LogP contribution >= 0.6 is 34.2 Å². The maximum absolute atomic E-state index is 12.1. The molecule has 1 aliphatic rings. The van der Waals surface area contributed by atoms with Gasteiger partial charge in [0.1, 0.15) is 0 Å². The molecule has 0 aliphatic carbocycles. The summed E-state index contributed by atoms with van der Waals surface area (Å²) >= 11 is 8.16. The number of phenolic OH excluding ortho intramolecular Hbond substituents is 1. The van der Waals surface area contributed by atoms with E-state index in [1.54, 1.807) is 6.92 Å². The van der Waals surface area contributed by atoms with Crippen LogP contribution < -0.4 is 15.4 Å². The number of aromatic hydroxyl groups is 1. The molecule has 9 heteroatoms. The molecule has 0 saturated carbocycles. The van der Waals surface area contributed by atoms with E-state index in [1.165, 1.54) is 20.3 Å². The van der Waals surface area contributed by atoms with E-state index in [4.69, 9.17) is 21.1 Å². The summed E-state index contributed by atoms with van der Waals surface area (Å²) in [5.74, 6) is -0.524. The zero-order chi connectivity index (χ0) is 17.3. The molecular formula is C14H14ClIN2O5. The van der Waals surface area contributed by atoms with Gasteiger partial charge in [0.15, 0.2) is 11.5 Å². The van der Waals surface area contributed by atoms with Gasteiger partial charge in [-0.3, -0.25) is 0 Å². The Labute approximate surface area is 151 Å². The van der Waals surface area contributed by atoms with Crippen LogP contribution in [0.4, 0.5) is 4.79 Å². The van der Waals surface area contributed by atoms with Gasteiger partial charge in [0.25, 0.3) is 0 Å². The summed E-state index contributed by atoms with van der Waals surface area (Å²) in [6, 6.07) is 0.178. The lowest BCUT2D eigenvalue weighted by atomic mass is 9.95. The van der Waals surface area contributed by atoms with Crippen molar-refractivity contribution in [3.8, 4) is 11.5 Å². The van der Waals surface area contributed by atoms with Crippen molar-refractivity contribution < 1.29 is 24.2 Å². The monoisotopic (exact) mass is 452 g/mol. The van der Waals surface area contributed by atoms with Gasteiger partial charge in [-0.1, -0.05) is 11.6 Å². The van der Waals surface area contributed by atoms with Crippen LogP contribution in [0, 0.1) is 3.57 Å². The maximum Gasteiger partial charge on any atom is 0.337 e. The Balaban J connectivity index is 2.67. The Bertz CT molecular complexity index is 720. The van der Waals surface area contributed by atoms with Crippen molar-refractivity contribution in [1.82, 2.24) is 10.6 Å². The lowest BCUT2D eigenvalue weighted by molar-refractivity contribution is -0.136. The first-order valence-corrected chi connectivity index (χ1v) is 7.88. The van der Waals surface area contributed by atoms with Gasteiger partial charge in [0.2, 0.25) is 0 Å². The fourth-order valence-corrected chi connectivity index (χ4v) is 3.12. The number of allylic oxidation sites excluding steroid dienone is 1. The SMILES string of the molecule is COC(=O)C1=C(C)NC(=O)N[C@H]1c1cc(OC)c(O)c(I)c1Cl. The van der Waals surface area contributed by atoms with E-state index in [0.29, 0.717) is 14.8 Å². The van der Waals surface area contributed by atoms with E-state index in [0.717, 1.165) is 0 Å². The van der Waals surface area contributed by atoms with Crippen LogP contribution in [0.5, 0.6) is 11.5 Å². The van der Waals surface area contributed by atoms with Crippen molar-refractivity contribution in [1.29, 1.82) is 0 Å². The van der Waals surface area contributed by atoms with Crippen LogP contribution in [0.1, 0.15) is 18.5 Å². The van der Waals surface area contributed by atoms with Crippen LogP contribution in [0.25, 0.3) is 0 Å². The third kappa shape index (κ3) is 3.18. The van der Waals surface area contributed by atoms with Gasteiger partial charge in [-0.15, -0.1) is 0 Å². The molecule has 0 unspecified atom stereocenters. The Morgan fingerprint density at radius 3 is 2.65 bits per heavy atom. The molecule has 2 amide bonds. The van der Waals surface area contributed by atoms with Crippen LogP contribution in [-0.2, 0) is 9.53 Å². The number of urea groups is 1. The molecule has 3 N–H and O–H groups in total. The molecule has 1 aromatic carbocycles. The molecule has 7 nitrogen and oxygen atoms in total. The number of carbonyl (C=O) groups is 2. The third-order valence-corrected chi connectivity index (χ3v) is 5.16. The zero-order valence-electron chi connectivity index (χ0n) is 12.5. The van der Waals surface area contributed by atoms with Crippen LogP contribution in [-0.4, -0.2) is 31.3 Å². The summed E-state index contributed by atoms with van der Waals surface area (Å²) in [6.07, 6.45) is 0. The maximum atomic E-state index is 12.1. The van der Waals surface area contributed by atoms with E-state index >= 15 is 0 Å². The minimum atomic E-state index is -0.827. The Kier molecular flexibility index (Phi) is 5.25. The number of nitrogens with one attached hydrogen (secondary N) is 2. The van der Waals surface area contributed by atoms with Crippen molar-refractivity contribution in [3.63, 3.8) is 0 Å². The standard InChI is InChI=1S/C14H14ClIN2O5/c1-5-8(13(20)23-3)11(18-14(21)17-5)6-4-7(22-2)12(19)10(16)9(6)15/h4,11,19H,1-3H3,(H2,17,18,21)/t11-/m0/s1. The van der Waals surface area contributed by atoms with Gasteiger partial charge in [-0.2, -0.15) is 0 Å². The average molecular weight is 453 g/mol. The van der Waals surface area contributed by atoms with Gasteiger partial charge in [0.05, 0.1) is 34.4 Å². The zero-order valence-corrected chi connectivity index (χ0v) is 15.4. The van der Waals surface area contributed by atoms with E-state index in [2.05, 4.69) is 10.6 Å². The summed E-state index contributed by atoms with van der Waals surface area (Å²) < 4.78 is 10.3. The Morgan fingerprint density at radius 1 is 1.43 bits per heavy atom. The highest BCUT2D eigenvalue weighted by Crippen LogP contribution is 2.43. The minimum absolute atomic E-state index is 0.109. The number of amides is 2. The molecule has 0 bridgehead atoms. The molecule has 0 fully saturated rings. The number of benzene rings is 1. The summed E-state index contributed by atoms with van der Waals surface area (Å²) in [5, 5.41) is 15.4. The number of esters is 1. The molecule has 0 spiro atoms. The Hall–Kier alpha value is -1.68. The summed E-state index contributed by atoms with van der Waals surface area (Å²) in [5.41, 5.74) is 1.00. The third-order valence-electron chi connectivity index (χ3n) is 3.38. The van der Waals surface area contributed by atoms with Gasteiger partial charge in [-0.05, 0) is 35.6 Å². The highest BCUT2D eigenvalue weighted by atomic mass is 127. The molecule has 1 heterocycles. The fraction of sp³-hybridized carbons (Fsp3) is 0.286. The van der Waals surface area contributed by atoms with Crippen molar-refractivity contribution in [2.75, 3.05) is 14.2 Å². The lowest BCUT2D eigenvalue weighted by Crippen LogP contribution is -2.45. The molecule has 2 rings (SSSR count). The highest BCUT2D eigenvalue weighted by Gasteiger charge is 2.34. The first-order valence-electron chi connectivity index (χ1n) is 6.43. The number of ether oxygens (including phenoxy) is 2. The van der Waals surface area contributed by atoms with E-state index < -0.39 is 18.0 Å². The average Bonchev–Trinajstić information content (AvgIpc) is 2.51. The number of halogens is 2. The van der Waals surface area contributed by atoms with Gasteiger partial charge >= 0.3 is 12.0 Å². The summed E-state index contributed by atoms with van der Waals surface area (Å²) in [6.45, 7) is 1.59. The second-order valence-electron chi connectivity index (χ2n) is 4.71. The van der Waals surface area contributed by atoms with Crippen LogP contribution in [0.3, 0.4) is 0 Å². The van der Waals surface area contributed by atoms with Crippen molar-refractivity contribution in [2.24, 2.45) is 0 Å². The second-order valence-corrected chi connectivity index (χ2v) is 6.16. The van der Waals surface area contributed by atoms with Gasteiger partial charge in [-0.25, -0.2) is 9.59 Å². The number of carbonyl (C=O) groups excluding carboxylic acids is 2. The molecular weight excluding hydrogens is 439 g/mol. The number of methoxy groups -OCH3 is 2. The first kappa shape index (κ1) is 17.7. The molecule has 1 atom stereocenters. The summed E-state index contributed by atoms with van der Waals surface area (Å²) in [4.78, 5) is 23.9. The second kappa shape index (κ2) is 6.83. The van der Waals surface area contributed by atoms with E-state index in [-0.39, 0.29) is 22.1 Å². The lowest BCUT2D eigenvalue weighted by Gasteiger charge is -2.29. The van der Waals surface area contributed by atoms with Gasteiger partial charge < -0.3 is 25.2 Å². The van der Waals surface area contributed by atoms with Gasteiger partial charge in [0, 0.05) is 11.3 Å². The molecule has 1 aliphatic heterocycles. The molecule has 124 valence electrons. The molecule has 0 saturated heterocycles. The van der Waals surface area contributed by atoms with Crippen molar-refractivity contribution in [2.45, 2.75) is 13.0 Å². The molecule has 1 aromatic rings. The first-order chi connectivity index (χ1) is 10.8. The quantitative estimate of drug-likeness (QED) is 0.484. The number of hydrogen-bond acceptors (Lipinski definition) is 5. The molecule has 0 radical (unpaired) electrons.